The lowest BCUT2D eigenvalue weighted by atomic mass is 10.3. The second-order valence-corrected chi connectivity index (χ2v) is 3.09. The van der Waals surface area contributed by atoms with E-state index in [1.54, 1.807) is 0 Å². The summed E-state index contributed by atoms with van der Waals surface area (Å²) in [6.45, 7) is 0. The van der Waals surface area contributed by atoms with Gasteiger partial charge in [0.05, 0.1) is 0 Å². The number of hydrogen-bond donors (Lipinski definition) is 1. The molecule has 2 nitrogen and oxygen atoms in total. The van der Waals surface area contributed by atoms with E-state index in [-0.39, 0.29) is 10.5 Å². The quantitative estimate of drug-likeness (QED) is 0.721. The SMILES string of the molecule is Fc1cccc(F)c1-n1cc[nH]c1=S. The molecule has 0 atom stereocenters. The zero-order chi connectivity index (χ0) is 10.1. The normalized spacial score (nSPS) is 10.4. The van der Waals surface area contributed by atoms with Crippen molar-refractivity contribution in [2.24, 2.45) is 0 Å². The Labute approximate surface area is 83.8 Å². The van der Waals surface area contributed by atoms with Crippen LogP contribution in [0.4, 0.5) is 8.78 Å². The van der Waals surface area contributed by atoms with Gasteiger partial charge in [-0.15, -0.1) is 0 Å². The van der Waals surface area contributed by atoms with Crippen molar-refractivity contribution in [3.8, 4) is 5.69 Å². The van der Waals surface area contributed by atoms with Crippen molar-refractivity contribution in [1.29, 1.82) is 0 Å². The van der Waals surface area contributed by atoms with Crippen molar-refractivity contribution in [3.05, 3.63) is 47.0 Å². The number of nitrogens with zero attached hydrogens (tertiary/aromatic N) is 1. The van der Waals surface area contributed by atoms with Gasteiger partial charge in [-0.3, -0.25) is 4.57 Å². The molecule has 2 aromatic rings. The van der Waals surface area contributed by atoms with E-state index in [9.17, 15) is 8.78 Å². The van der Waals surface area contributed by atoms with E-state index in [2.05, 4.69) is 4.98 Å². The molecule has 0 bridgehead atoms. The Balaban J connectivity index is 2.74. The fourth-order valence-corrected chi connectivity index (χ4v) is 1.44. The van der Waals surface area contributed by atoms with Gasteiger partial charge in [0.15, 0.2) is 4.77 Å². The molecule has 2 rings (SSSR count). The summed E-state index contributed by atoms with van der Waals surface area (Å²) >= 11 is 4.86. The summed E-state index contributed by atoms with van der Waals surface area (Å²) in [7, 11) is 0. The average molecular weight is 212 g/mol. The van der Waals surface area contributed by atoms with E-state index in [0.717, 1.165) is 0 Å². The molecule has 0 saturated carbocycles. The lowest BCUT2D eigenvalue weighted by Gasteiger charge is -2.04. The highest BCUT2D eigenvalue weighted by atomic mass is 32.1. The van der Waals surface area contributed by atoms with Crippen LogP contribution >= 0.6 is 12.2 Å². The van der Waals surface area contributed by atoms with Crippen LogP contribution in [0.2, 0.25) is 0 Å². The van der Waals surface area contributed by atoms with Crippen LogP contribution in [0.3, 0.4) is 0 Å². The smallest absolute Gasteiger partial charge is 0.181 e. The van der Waals surface area contributed by atoms with Gasteiger partial charge in [-0.1, -0.05) is 6.07 Å². The fraction of sp³-hybridized carbons (Fsp3) is 0. The van der Waals surface area contributed by atoms with E-state index in [1.165, 1.54) is 35.2 Å². The van der Waals surface area contributed by atoms with Gasteiger partial charge in [0, 0.05) is 12.4 Å². The van der Waals surface area contributed by atoms with Crippen molar-refractivity contribution < 1.29 is 8.78 Å². The number of imidazole rings is 1. The molecule has 1 aromatic carbocycles. The molecular weight excluding hydrogens is 206 g/mol. The van der Waals surface area contributed by atoms with Crippen LogP contribution in [0.1, 0.15) is 0 Å². The maximum Gasteiger partial charge on any atom is 0.181 e. The minimum absolute atomic E-state index is 0.154. The summed E-state index contributed by atoms with van der Waals surface area (Å²) in [5, 5.41) is 0. The van der Waals surface area contributed by atoms with Gasteiger partial charge < -0.3 is 4.98 Å². The first-order valence-electron chi connectivity index (χ1n) is 3.90. The Morgan fingerprint density at radius 3 is 2.36 bits per heavy atom. The lowest BCUT2D eigenvalue weighted by Crippen LogP contribution is -1.99. The van der Waals surface area contributed by atoms with Crippen LogP contribution in [0, 0.1) is 16.4 Å². The molecule has 0 unspecified atom stereocenters. The molecule has 1 heterocycles. The number of benzene rings is 1. The number of H-pyrrole nitrogens is 1. The average Bonchev–Trinajstić information content (AvgIpc) is 2.52. The highest BCUT2D eigenvalue weighted by Crippen LogP contribution is 2.17. The summed E-state index contributed by atoms with van der Waals surface area (Å²) in [4.78, 5) is 2.67. The minimum atomic E-state index is -0.638. The van der Waals surface area contributed by atoms with Crippen LogP contribution in [0.25, 0.3) is 5.69 Å². The number of para-hydroxylation sites is 1. The van der Waals surface area contributed by atoms with Gasteiger partial charge >= 0.3 is 0 Å². The van der Waals surface area contributed by atoms with Gasteiger partial charge in [0.2, 0.25) is 0 Å². The third kappa shape index (κ3) is 1.35. The van der Waals surface area contributed by atoms with Gasteiger partial charge in [0.25, 0.3) is 0 Å². The molecule has 0 spiro atoms. The Bertz CT molecular complexity index is 495. The number of aromatic amines is 1. The predicted molar refractivity (Wildman–Crippen MR) is 50.9 cm³/mol. The van der Waals surface area contributed by atoms with E-state index < -0.39 is 11.6 Å². The second-order valence-electron chi connectivity index (χ2n) is 2.71. The van der Waals surface area contributed by atoms with E-state index in [1.807, 2.05) is 0 Å². The summed E-state index contributed by atoms with van der Waals surface area (Å²) in [5.41, 5.74) is -0.154. The Morgan fingerprint density at radius 2 is 1.86 bits per heavy atom. The number of halogens is 2. The second kappa shape index (κ2) is 3.34. The molecule has 0 aliphatic heterocycles. The lowest BCUT2D eigenvalue weighted by molar-refractivity contribution is 0.568. The number of rotatable bonds is 1. The Hall–Kier alpha value is -1.49. The van der Waals surface area contributed by atoms with Gasteiger partial charge in [-0.25, -0.2) is 8.78 Å². The number of nitrogens with one attached hydrogen (secondary N) is 1. The van der Waals surface area contributed by atoms with E-state index in [4.69, 9.17) is 12.2 Å². The highest BCUT2D eigenvalue weighted by molar-refractivity contribution is 7.71. The summed E-state index contributed by atoms with van der Waals surface area (Å²) in [6, 6.07) is 3.69. The first-order chi connectivity index (χ1) is 6.70. The maximum atomic E-state index is 13.3. The van der Waals surface area contributed by atoms with Crippen LogP contribution < -0.4 is 0 Å². The zero-order valence-electron chi connectivity index (χ0n) is 7.00. The Kier molecular flexibility index (Phi) is 2.17. The molecule has 1 aromatic heterocycles. The van der Waals surface area contributed by atoms with Gasteiger partial charge in [0.1, 0.15) is 17.3 Å². The zero-order valence-corrected chi connectivity index (χ0v) is 7.81. The molecular formula is C9H6F2N2S. The molecule has 72 valence electrons. The van der Waals surface area contributed by atoms with Gasteiger partial charge in [-0.05, 0) is 24.4 Å². The molecule has 1 N–H and O–H groups in total. The van der Waals surface area contributed by atoms with E-state index in [0.29, 0.717) is 0 Å². The third-order valence-electron chi connectivity index (χ3n) is 1.83. The molecule has 14 heavy (non-hydrogen) atoms. The van der Waals surface area contributed by atoms with Crippen LogP contribution in [0.15, 0.2) is 30.6 Å². The van der Waals surface area contributed by atoms with Crippen LogP contribution in [-0.2, 0) is 0 Å². The highest BCUT2D eigenvalue weighted by Gasteiger charge is 2.10. The topological polar surface area (TPSA) is 20.7 Å². The first-order valence-corrected chi connectivity index (χ1v) is 4.31. The summed E-state index contributed by atoms with van der Waals surface area (Å²) in [6.07, 6.45) is 3.00. The van der Waals surface area contributed by atoms with Crippen LogP contribution in [0.5, 0.6) is 0 Å². The maximum absolute atomic E-state index is 13.3. The standard InChI is InChI=1S/C9H6F2N2S/c10-6-2-1-3-7(11)8(6)13-5-4-12-9(13)14/h1-5H,(H,12,14). The van der Waals surface area contributed by atoms with Crippen molar-refractivity contribution in [2.75, 3.05) is 0 Å². The molecule has 0 aliphatic rings. The minimum Gasteiger partial charge on any atom is -0.337 e. The number of aromatic nitrogens is 2. The monoisotopic (exact) mass is 212 g/mol. The molecule has 5 heteroatoms. The molecule has 0 aliphatic carbocycles. The number of hydrogen-bond acceptors (Lipinski definition) is 1. The molecule has 0 fully saturated rings. The summed E-state index contributed by atoms with van der Waals surface area (Å²) < 4.78 is 28.1. The van der Waals surface area contributed by atoms with Gasteiger partial charge in [-0.2, -0.15) is 0 Å². The predicted octanol–water partition coefficient (Wildman–Crippen LogP) is 2.81. The molecule has 0 radical (unpaired) electrons. The molecule has 0 amide bonds. The summed E-state index contributed by atoms with van der Waals surface area (Å²) in [5.74, 6) is -1.28. The van der Waals surface area contributed by atoms with Crippen molar-refractivity contribution in [1.82, 2.24) is 9.55 Å². The van der Waals surface area contributed by atoms with Crippen molar-refractivity contribution in [2.45, 2.75) is 0 Å². The van der Waals surface area contributed by atoms with Crippen LogP contribution in [-0.4, -0.2) is 9.55 Å². The first kappa shape index (κ1) is 9.08. The third-order valence-corrected chi connectivity index (χ3v) is 2.14. The molecule has 0 saturated heterocycles. The van der Waals surface area contributed by atoms with Crippen molar-refractivity contribution >= 4 is 12.2 Å². The fourth-order valence-electron chi connectivity index (χ4n) is 1.22. The Morgan fingerprint density at radius 1 is 1.21 bits per heavy atom. The van der Waals surface area contributed by atoms with E-state index >= 15 is 0 Å². The largest absolute Gasteiger partial charge is 0.337 e. The van der Waals surface area contributed by atoms with Crippen molar-refractivity contribution in [3.63, 3.8) is 0 Å².